The van der Waals surface area contributed by atoms with Crippen LogP contribution in [0.3, 0.4) is 0 Å². The first-order chi connectivity index (χ1) is 4.77. The molecule has 0 unspecified atom stereocenters. The molecule has 0 radical (unpaired) electrons. The summed E-state index contributed by atoms with van der Waals surface area (Å²) in [5.41, 5.74) is 1.39. The molecular weight excluding hydrogens is 142 g/mol. The van der Waals surface area contributed by atoms with E-state index in [2.05, 4.69) is 31.5 Å². The summed E-state index contributed by atoms with van der Waals surface area (Å²) in [5.74, 6) is 1.20. The number of hydrogen-bond acceptors (Lipinski definition) is 2. The molecule has 0 aliphatic rings. The maximum absolute atomic E-state index is 3.32. The van der Waals surface area contributed by atoms with Crippen LogP contribution in [0.25, 0.3) is 0 Å². The van der Waals surface area contributed by atoms with Crippen molar-refractivity contribution in [3.05, 3.63) is 11.6 Å². The van der Waals surface area contributed by atoms with E-state index < -0.39 is 0 Å². The molecule has 1 N–H and O–H groups in total. The molecule has 0 atom stereocenters. The minimum Gasteiger partial charge on any atom is -0.312 e. The molecule has 0 heterocycles. The molecule has 0 fully saturated rings. The lowest BCUT2D eigenvalue weighted by Crippen LogP contribution is -2.16. The van der Waals surface area contributed by atoms with Gasteiger partial charge in [0.1, 0.15) is 0 Å². The summed E-state index contributed by atoms with van der Waals surface area (Å²) in [7, 11) is 0. The minimum atomic E-state index is 1.02. The topological polar surface area (TPSA) is 12.0 Å². The number of rotatable bonds is 5. The van der Waals surface area contributed by atoms with Gasteiger partial charge in [0.25, 0.3) is 0 Å². The Morgan fingerprint density at radius 2 is 2.20 bits per heavy atom. The van der Waals surface area contributed by atoms with Gasteiger partial charge in [-0.25, -0.2) is 0 Å². The van der Waals surface area contributed by atoms with Crippen LogP contribution in [0.1, 0.15) is 13.8 Å². The second kappa shape index (κ2) is 7.16. The van der Waals surface area contributed by atoms with Gasteiger partial charge in [0, 0.05) is 18.8 Å². The van der Waals surface area contributed by atoms with E-state index in [1.165, 1.54) is 11.3 Å². The molecule has 0 rings (SSSR count). The largest absolute Gasteiger partial charge is 0.312 e. The highest BCUT2D eigenvalue weighted by molar-refractivity contribution is 7.98. The van der Waals surface area contributed by atoms with Crippen molar-refractivity contribution < 1.29 is 0 Å². The van der Waals surface area contributed by atoms with Crippen LogP contribution < -0.4 is 5.32 Å². The highest BCUT2D eigenvalue weighted by atomic mass is 32.2. The van der Waals surface area contributed by atoms with Gasteiger partial charge in [-0.2, -0.15) is 11.8 Å². The summed E-state index contributed by atoms with van der Waals surface area (Å²) in [4.78, 5) is 0. The molecule has 2 heteroatoms. The second-order valence-corrected chi connectivity index (χ2v) is 3.46. The van der Waals surface area contributed by atoms with Crippen LogP contribution in [0.15, 0.2) is 11.6 Å². The van der Waals surface area contributed by atoms with E-state index in [1.807, 2.05) is 11.8 Å². The van der Waals surface area contributed by atoms with Crippen molar-refractivity contribution in [1.29, 1.82) is 0 Å². The van der Waals surface area contributed by atoms with Crippen molar-refractivity contribution in [3.8, 4) is 0 Å². The number of hydrogen-bond donors (Lipinski definition) is 1. The normalized spacial score (nSPS) is 9.50. The smallest absolute Gasteiger partial charge is 0.0137 e. The summed E-state index contributed by atoms with van der Waals surface area (Å²) in [6.07, 6.45) is 4.34. The monoisotopic (exact) mass is 159 g/mol. The van der Waals surface area contributed by atoms with Gasteiger partial charge in [0.2, 0.25) is 0 Å². The van der Waals surface area contributed by atoms with Crippen LogP contribution in [0.4, 0.5) is 0 Å². The van der Waals surface area contributed by atoms with Gasteiger partial charge >= 0.3 is 0 Å². The molecule has 0 aliphatic heterocycles. The van der Waals surface area contributed by atoms with E-state index in [4.69, 9.17) is 0 Å². The lowest BCUT2D eigenvalue weighted by molar-refractivity contribution is 0.803. The zero-order chi connectivity index (χ0) is 7.82. The molecule has 0 spiro atoms. The number of thioether (sulfide) groups is 1. The molecule has 0 saturated heterocycles. The van der Waals surface area contributed by atoms with E-state index in [0.717, 1.165) is 13.1 Å². The average molecular weight is 159 g/mol. The molecule has 0 aromatic carbocycles. The first-order valence-corrected chi connectivity index (χ1v) is 4.99. The molecular formula is C8H17NS. The predicted molar refractivity (Wildman–Crippen MR) is 50.7 cm³/mol. The molecule has 60 valence electrons. The van der Waals surface area contributed by atoms with Crippen LogP contribution in [-0.4, -0.2) is 25.1 Å². The Bertz CT molecular complexity index is 95.4. The van der Waals surface area contributed by atoms with Crippen molar-refractivity contribution in [2.45, 2.75) is 13.8 Å². The average Bonchev–Trinajstić information content (AvgIpc) is 1.87. The van der Waals surface area contributed by atoms with Crippen molar-refractivity contribution >= 4 is 11.8 Å². The quantitative estimate of drug-likeness (QED) is 0.486. The first kappa shape index (κ1) is 10.0. The van der Waals surface area contributed by atoms with Crippen molar-refractivity contribution in [2.24, 2.45) is 0 Å². The fourth-order valence-electron chi connectivity index (χ4n) is 0.553. The lowest BCUT2D eigenvalue weighted by Gasteiger charge is -1.98. The third-order valence-corrected chi connectivity index (χ3v) is 1.75. The van der Waals surface area contributed by atoms with Crippen LogP contribution in [0.2, 0.25) is 0 Å². The van der Waals surface area contributed by atoms with Crippen LogP contribution in [0.5, 0.6) is 0 Å². The molecule has 0 amide bonds. The van der Waals surface area contributed by atoms with E-state index in [9.17, 15) is 0 Å². The Labute approximate surface area is 68.3 Å². The van der Waals surface area contributed by atoms with Crippen molar-refractivity contribution in [1.82, 2.24) is 5.32 Å². The predicted octanol–water partition coefficient (Wildman–Crippen LogP) is 1.91. The van der Waals surface area contributed by atoms with E-state index in [0.29, 0.717) is 0 Å². The van der Waals surface area contributed by atoms with Gasteiger partial charge in [-0.3, -0.25) is 0 Å². The van der Waals surface area contributed by atoms with Crippen LogP contribution in [-0.2, 0) is 0 Å². The van der Waals surface area contributed by atoms with E-state index >= 15 is 0 Å². The summed E-state index contributed by atoms with van der Waals surface area (Å²) >= 11 is 1.88. The zero-order valence-corrected chi connectivity index (χ0v) is 7.92. The Morgan fingerprint density at radius 3 is 2.70 bits per heavy atom. The van der Waals surface area contributed by atoms with Gasteiger partial charge in [-0.05, 0) is 20.1 Å². The molecule has 0 bridgehead atoms. The Hall–Kier alpha value is 0.0500. The fraction of sp³-hybridized carbons (Fsp3) is 0.750. The van der Waals surface area contributed by atoms with Gasteiger partial charge < -0.3 is 5.32 Å². The standard InChI is InChI=1S/C8H17NS/c1-8(2)4-5-9-6-7-10-3/h4,9H,5-7H2,1-3H3. The zero-order valence-electron chi connectivity index (χ0n) is 7.11. The van der Waals surface area contributed by atoms with Crippen molar-refractivity contribution in [3.63, 3.8) is 0 Å². The molecule has 0 aromatic rings. The summed E-state index contributed by atoms with van der Waals surface area (Å²) < 4.78 is 0. The molecule has 10 heavy (non-hydrogen) atoms. The van der Waals surface area contributed by atoms with Crippen molar-refractivity contribution in [2.75, 3.05) is 25.1 Å². The van der Waals surface area contributed by atoms with Gasteiger partial charge in [-0.15, -0.1) is 0 Å². The fourth-order valence-corrected chi connectivity index (χ4v) is 0.901. The summed E-state index contributed by atoms with van der Waals surface area (Å²) in [6, 6.07) is 0. The van der Waals surface area contributed by atoms with Crippen LogP contribution in [0, 0.1) is 0 Å². The third kappa shape index (κ3) is 8.05. The van der Waals surface area contributed by atoms with E-state index in [-0.39, 0.29) is 0 Å². The van der Waals surface area contributed by atoms with Gasteiger partial charge in [-0.1, -0.05) is 11.6 Å². The Balaban J connectivity index is 2.98. The highest BCUT2D eigenvalue weighted by Crippen LogP contribution is 1.88. The van der Waals surface area contributed by atoms with Crippen LogP contribution >= 0.6 is 11.8 Å². The maximum atomic E-state index is 3.32. The number of nitrogens with one attached hydrogen (secondary N) is 1. The highest BCUT2D eigenvalue weighted by Gasteiger charge is 1.81. The van der Waals surface area contributed by atoms with Gasteiger partial charge in [0.05, 0.1) is 0 Å². The molecule has 0 saturated carbocycles. The third-order valence-electron chi connectivity index (χ3n) is 1.14. The molecule has 1 nitrogen and oxygen atoms in total. The lowest BCUT2D eigenvalue weighted by atomic mass is 10.3. The number of allylic oxidation sites excluding steroid dienone is 1. The maximum Gasteiger partial charge on any atom is 0.0137 e. The molecule has 0 aromatic heterocycles. The first-order valence-electron chi connectivity index (χ1n) is 3.60. The SMILES string of the molecule is CSCCNCC=C(C)C. The minimum absolute atomic E-state index is 1.02. The summed E-state index contributed by atoms with van der Waals surface area (Å²) in [6.45, 7) is 6.38. The van der Waals surface area contributed by atoms with E-state index in [1.54, 1.807) is 0 Å². The Morgan fingerprint density at radius 1 is 1.50 bits per heavy atom. The molecule has 0 aliphatic carbocycles. The second-order valence-electron chi connectivity index (χ2n) is 2.48. The van der Waals surface area contributed by atoms with Gasteiger partial charge in [0.15, 0.2) is 0 Å². The Kier molecular flexibility index (Phi) is 7.20. The summed E-state index contributed by atoms with van der Waals surface area (Å²) in [5, 5.41) is 3.32.